The van der Waals surface area contributed by atoms with Gasteiger partial charge in [0.05, 0.1) is 12.5 Å². The third-order valence-electron chi connectivity index (χ3n) is 2.28. The van der Waals surface area contributed by atoms with Crippen molar-refractivity contribution in [3.05, 3.63) is 0 Å². The molecular weight excluding hydrogens is 202 g/mol. The molecule has 84 valence electrons. The van der Waals surface area contributed by atoms with Crippen LogP contribution in [0.1, 0.15) is 6.42 Å². The number of carboxylic acids is 1. The van der Waals surface area contributed by atoms with Crippen molar-refractivity contribution >= 4 is 17.8 Å². The van der Waals surface area contributed by atoms with Crippen molar-refractivity contribution in [2.45, 2.75) is 18.5 Å². The normalized spacial score (nSPS) is 23.3. The Bertz CT molecular complexity index is 304. The van der Waals surface area contributed by atoms with Crippen LogP contribution < -0.4 is 11.1 Å². The molecule has 1 fully saturated rings. The Morgan fingerprint density at radius 2 is 2.33 bits per heavy atom. The third kappa shape index (κ3) is 2.51. The Hall–Kier alpha value is -1.47. The van der Waals surface area contributed by atoms with Crippen LogP contribution in [-0.2, 0) is 14.4 Å². The molecule has 2 amide bonds. The number of likely N-dealkylation sites (N-methyl/N-ethyl adjacent to an activating group) is 1. The summed E-state index contributed by atoms with van der Waals surface area (Å²) >= 11 is 0. The zero-order valence-corrected chi connectivity index (χ0v) is 8.27. The van der Waals surface area contributed by atoms with Crippen molar-refractivity contribution in [1.82, 2.24) is 10.2 Å². The number of hydrogen-bond donors (Lipinski definition) is 3. The van der Waals surface area contributed by atoms with Crippen LogP contribution in [0.2, 0.25) is 0 Å². The summed E-state index contributed by atoms with van der Waals surface area (Å²) in [5.41, 5.74) is 5.24. The van der Waals surface area contributed by atoms with Gasteiger partial charge in [0.1, 0.15) is 6.04 Å². The SMILES string of the molecule is CN1C(=O)CC(NCC(N)C(=O)O)C1=O. The predicted octanol–water partition coefficient (Wildman–Crippen LogP) is -2.25. The van der Waals surface area contributed by atoms with Gasteiger partial charge in [-0.25, -0.2) is 0 Å². The molecule has 1 heterocycles. The van der Waals surface area contributed by atoms with E-state index in [4.69, 9.17) is 10.8 Å². The first kappa shape index (κ1) is 11.6. The second-order valence-corrected chi connectivity index (χ2v) is 3.40. The number of carbonyl (C=O) groups is 3. The van der Waals surface area contributed by atoms with Gasteiger partial charge in [-0.1, -0.05) is 0 Å². The monoisotopic (exact) mass is 215 g/mol. The van der Waals surface area contributed by atoms with E-state index in [9.17, 15) is 14.4 Å². The van der Waals surface area contributed by atoms with Crippen LogP contribution in [0.4, 0.5) is 0 Å². The molecule has 7 nitrogen and oxygen atoms in total. The summed E-state index contributed by atoms with van der Waals surface area (Å²) in [4.78, 5) is 33.8. The average molecular weight is 215 g/mol. The number of nitrogens with two attached hydrogens (primary N) is 1. The number of rotatable bonds is 4. The summed E-state index contributed by atoms with van der Waals surface area (Å²) in [5, 5.41) is 11.2. The second-order valence-electron chi connectivity index (χ2n) is 3.40. The van der Waals surface area contributed by atoms with Crippen molar-refractivity contribution in [3.63, 3.8) is 0 Å². The smallest absolute Gasteiger partial charge is 0.321 e. The summed E-state index contributed by atoms with van der Waals surface area (Å²) in [6.07, 6.45) is 0.0572. The first-order chi connectivity index (χ1) is 6.93. The lowest BCUT2D eigenvalue weighted by molar-refractivity contribution is -0.139. The van der Waals surface area contributed by atoms with Gasteiger partial charge in [0.15, 0.2) is 0 Å². The van der Waals surface area contributed by atoms with E-state index in [0.29, 0.717) is 0 Å². The van der Waals surface area contributed by atoms with Gasteiger partial charge < -0.3 is 16.2 Å². The van der Waals surface area contributed by atoms with Gasteiger partial charge in [-0.3, -0.25) is 19.3 Å². The molecule has 2 unspecified atom stereocenters. The van der Waals surface area contributed by atoms with E-state index in [2.05, 4.69) is 5.32 Å². The molecule has 15 heavy (non-hydrogen) atoms. The summed E-state index contributed by atoms with van der Waals surface area (Å²) in [6, 6.07) is -1.72. The van der Waals surface area contributed by atoms with Crippen LogP contribution in [0.15, 0.2) is 0 Å². The van der Waals surface area contributed by atoms with E-state index in [1.165, 1.54) is 7.05 Å². The Morgan fingerprint density at radius 1 is 1.73 bits per heavy atom. The van der Waals surface area contributed by atoms with E-state index in [-0.39, 0.29) is 24.8 Å². The van der Waals surface area contributed by atoms with Crippen LogP contribution in [0, 0.1) is 0 Å². The highest BCUT2D eigenvalue weighted by Gasteiger charge is 2.35. The molecule has 1 aliphatic rings. The molecule has 0 aromatic carbocycles. The number of nitrogens with zero attached hydrogens (tertiary/aromatic N) is 1. The number of amides is 2. The number of carbonyl (C=O) groups excluding carboxylic acids is 2. The predicted molar refractivity (Wildman–Crippen MR) is 49.8 cm³/mol. The number of aliphatic carboxylic acids is 1. The third-order valence-corrected chi connectivity index (χ3v) is 2.28. The molecule has 0 aromatic heterocycles. The molecule has 1 saturated heterocycles. The molecule has 0 radical (unpaired) electrons. The van der Waals surface area contributed by atoms with Crippen molar-refractivity contribution in [2.24, 2.45) is 5.73 Å². The summed E-state index contributed by atoms with van der Waals surface area (Å²) in [7, 11) is 1.39. The van der Waals surface area contributed by atoms with E-state index in [1.807, 2.05) is 0 Å². The number of carboxylic acid groups (broad SMARTS) is 1. The first-order valence-electron chi connectivity index (χ1n) is 4.45. The fraction of sp³-hybridized carbons (Fsp3) is 0.625. The summed E-state index contributed by atoms with van der Waals surface area (Å²) < 4.78 is 0. The lowest BCUT2D eigenvalue weighted by Gasteiger charge is -2.12. The molecular formula is C8H13N3O4. The topological polar surface area (TPSA) is 113 Å². The van der Waals surface area contributed by atoms with E-state index in [1.54, 1.807) is 0 Å². The molecule has 0 saturated carbocycles. The maximum absolute atomic E-state index is 11.4. The molecule has 7 heteroatoms. The zero-order chi connectivity index (χ0) is 11.6. The lowest BCUT2D eigenvalue weighted by atomic mass is 10.2. The maximum Gasteiger partial charge on any atom is 0.321 e. The second kappa shape index (κ2) is 4.37. The minimum absolute atomic E-state index is 0.0349. The quantitative estimate of drug-likeness (QED) is 0.456. The number of imide groups is 1. The highest BCUT2D eigenvalue weighted by molar-refractivity contribution is 6.05. The highest BCUT2D eigenvalue weighted by atomic mass is 16.4. The van der Waals surface area contributed by atoms with Crippen LogP contribution in [0.5, 0.6) is 0 Å². The molecule has 1 aliphatic heterocycles. The molecule has 4 N–H and O–H groups in total. The highest BCUT2D eigenvalue weighted by Crippen LogP contribution is 2.09. The molecule has 1 rings (SSSR count). The van der Waals surface area contributed by atoms with Gasteiger partial charge in [0, 0.05) is 13.6 Å². The van der Waals surface area contributed by atoms with Crippen molar-refractivity contribution in [1.29, 1.82) is 0 Å². The van der Waals surface area contributed by atoms with Gasteiger partial charge >= 0.3 is 5.97 Å². The Labute approximate surface area is 86.2 Å². The first-order valence-corrected chi connectivity index (χ1v) is 4.45. The number of likely N-dealkylation sites (tertiary alicyclic amines) is 1. The van der Waals surface area contributed by atoms with Crippen molar-refractivity contribution in [3.8, 4) is 0 Å². The Morgan fingerprint density at radius 3 is 2.73 bits per heavy atom. The Balaban J connectivity index is 2.44. The summed E-state index contributed by atoms with van der Waals surface area (Å²) in [5.74, 6) is -1.77. The van der Waals surface area contributed by atoms with Crippen molar-refractivity contribution < 1.29 is 19.5 Å². The van der Waals surface area contributed by atoms with E-state index < -0.39 is 18.1 Å². The zero-order valence-electron chi connectivity index (χ0n) is 8.27. The van der Waals surface area contributed by atoms with Gasteiger partial charge in [0.25, 0.3) is 0 Å². The number of hydrogen-bond acceptors (Lipinski definition) is 5. The van der Waals surface area contributed by atoms with Crippen LogP contribution >= 0.6 is 0 Å². The van der Waals surface area contributed by atoms with Gasteiger partial charge in [0.2, 0.25) is 11.8 Å². The number of nitrogens with one attached hydrogen (secondary N) is 1. The van der Waals surface area contributed by atoms with Crippen LogP contribution in [0.3, 0.4) is 0 Å². The standard InChI is InChI=1S/C8H13N3O4/c1-11-6(12)2-5(7(11)13)10-3-4(9)8(14)15/h4-5,10H,2-3,9H2,1H3,(H,14,15). The van der Waals surface area contributed by atoms with E-state index >= 15 is 0 Å². The average Bonchev–Trinajstić information content (AvgIpc) is 2.42. The minimum Gasteiger partial charge on any atom is -0.480 e. The van der Waals surface area contributed by atoms with Crippen LogP contribution in [-0.4, -0.2) is 53.5 Å². The lowest BCUT2D eigenvalue weighted by Crippen LogP contribution is -2.46. The largest absolute Gasteiger partial charge is 0.480 e. The fourth-order valence-corrected chi connectivity index (χ4v) is 1.27. The van der Waals surface area contributed by atoms with E-state index in [0.717, 1.165) is 4.90 Å². The van der Waals surface area contributed by atoms with Gasteiger partial charge in [-0.05, 0) is 0 Å². The minimum atomic E-state index is -1.15. The Kier molecular flexibility index (Phi) is 3.38. The van der Waals surface area contributed by atoms with Gasteiger partial charge in [-0.15, -0.1) is 0 Å². The maximum atomic E-state index is 11.4. The van der Waals surface area contributed by atoms with Crippen molar-refractivity contribution in [2.75, 3.05) is 13.6 Å². The van der Waals surface area contributed by atoms with Crippen LogP contribution in [0.25, 0.3) is 0 Å². The molecule has 0 aliphatic carbocycles. The molecule has 2 atom stereocenters. The molecule has 0 bridgehead atoms. The molecule has 0 spiro atoms. The summed E-state index contributed by atoms with van der Waals surface area (Å²) in [6.45, 7) is -0.0349. The van der Waals surface area contributed by atoms with Gasteiger partial charge in [-0.2, -0.15) is 0 Å². The fourth-order valence-electron chi connectivity index (χ4n) is 1.27. The molecule has 0 aromatic rings.